The lowest BCUT2D eigenvalue weighted by molar-refractivity contribution is 0.602. The van der Waals surface area contributed by atoms with Crippen LogP contribution in [-0.2, 0) is 9.84 Å². The van der Waals surface area contributed by atoms with Crippen molar-refractivity contribution in [2.24, 2.45) is 0 Å². The second kappa shape index (κ2) is 4.75. The van der Waals surface area contributed by atoms with Gasteiger partial charge >= 0.3 is 0 Å². The van der Waals surface area contributed by atoms with Gasteiger partial charge in [0.25, 0.3) is 0 Å². The SMILES string of the molecule is C=C=CCS(=O)(=O)CC=C=C. The van der Waals surface area contributed by atoms with Crippen LogP contribution in [0.25, 0.3) is 0 Å². The fourth-order valence-electron chi connectivity index (χ4n) is 0.440. The first-order chi connectivity index (χ1) is 5.12. The van der Waals surface area contributed by atoms with Gasteiger partial charge in [-0.1, -0.05) is 13.2 Å². The van der Waals surface area contributed by atoms with Gasteiger partial charge in [-0.3, -0.25) is 0 Å². The van der Waals surface area contributed by atoms with Crippen molar-refractivity contribution in [2.45, 2.75) is 0 Å². The van der Waals surface area contributed by atoms with E-state index < -0.39 is 9.84 Å². The molecule has 0 saturated heterocycles. The third-order valence-electron chi connectivity index (χ3n) is 0.963. The van der Waals surface area contributed by atoms with E-state index >= 15 is 0 Å². The van der Waals surface area contributed by atoms with Gasteiger partial charge in [0.15, 0.2) is 9.84 Å². The Morgan fingerprint density at radius 1 is 1.09 bits per heavy atom. The highest BCUT2D eigenvalue weighted by atomic mass is 32.2. The summed E-state index contributed by atoms with van der Waals surface area (Å²) in [6, 6.07) is 0. The molecule has 0 fully saturated rings. The van der Waals surface area contributed by atoms with Gasteiger partial charge in [-0.25, -0.2) is 8.42 Å². The maximum Gasteiger partial charge on any atom is 0.158 e. The van der Waals surface area contributed by atoms with Crippen LogP contribution in [0.5, 0.6) is 0 Å². The zero-order valence-electron chi connectivity index (χ0n) is 6.21. The fraction of sp³-hybridized carbons (Fsp3) is 0.250. The Labute approximate surface area is 67.2 Å². The van der Waals surface area contributed by atoms with Crippen LogP contribution in [0.1, 0.15) is 0 Å². The summed E-state index contributed by atoms with van der Waals surface area (Å²) in [6.07, 6.45) is 2.76. The van der Waals surface area contributed by atoms with Gasteiger partial charge in [-0.15, -0.1) is 11.5 Å². The average Bonchev–Trinajstić information content (AvgIpc) is 1.97. The Morgan fingerprint density at radius 2 is 1.45 bits per heavy atom. The summed E-state index contributed by atoms with van der Waals surface area (Å²) in [6.45, 7) is 6.52. The van der Waals surface area contributed by atoms with E-state index in [1.807, 2.05) is 0 Å². The highest BCUT2D eigenvalue weighted by molar-refractivity contribution is 7.91. The molecule has 0 amide bonds. The monoisotopic (exact) mass is 170 g/mol. The summed E-state index contributed by atoms with van der Waals surface area (Å²) >= 11 is 0. The van der Waals surface area contributed by atoms with Crippen LogP contribution in [0.3, 0.4) is 0 Å². The van der Waals surface area contributed by atoms with E-state index in [0.29, 0.717) is 0 Å². The predicted octanol–water partition coefficient (Wildman–Crippen LogP) is 1.08. The number of sulfone groups is 1. The first kappa shape index (κ1) is 9.99. The molecule has 0 spiro atoms. The van der Waals surface area contributed by atoms with Gasteiger partial charge in [0, 0.05) is 0 Å². The summed E-state index contributed by atoms with van der Waals surface area (Å²) < 4.78 is 21.9. The standard InChI is InChI=1S/C8H10O2S/c1-3-5-7-11(9,10)8-6-4-2/h5-6H,1-2,7-8H2. The van der Waals surface area contributed by atoms with Crippen molar-refractivity contribution in [1.82, 2.24) is 0 Å². The van der Waals surface area contributed by atoms with E-state index in [1.54, 1.807) is 0 Å². The number of rotatable bonds is 4. The van der Waals surface area contributed by atoms with Crippen molar-refractivity contribution in [1.29, 1.82) is 0 Å². The van der Waals surface area contributed by atoms with Gasteiger partial charge in [0.05, 0.1) is 11.5 Å². The molecular formula is C8H10O2S. The molecule has 2 nitrogen and oxygen atoms in total. The molecular weight excluding hydrogens is 160 g/mol. The molecule has 0 aromatic carbocycles. The molecule has 0 aliphatic rings. The third-order valence-corrected chi connectivity index (χ3v) is 2.31. The van der Waals surface area contributed by atoms with Crippen molar-refractivity contribution in [3.8, 4) is 0 Å². The van der Waals surface area contributed by atoms with Crippen LogP contribution >= 0.6 is 0 Å². The van der Waals surface area contributed by atoms with Crippen LogP contribution in [0.4, 0.5) is 0 Å². The molecule has 0 bridgehead atoms. The van der Waals surface area contributed by atoms with Crippen LogP contribution in [0, 0.1) is 0 Å². The van der Waals surface area contributed by atoms with E-state index in [-0.39, 0.29) is 11.5 Å². The van der Waals surface area contributed by atoms with E-state index in [9.17, 15) is 8.42 Å². The maximum absolute atomic E-state index is 11.0. The topological polar surface area (TPSA) is 34.1 Å². The number of hydrogen-bond acceptors (Lipinski definition) is 2. The molecule has 3 heteroatoms. The minimum absolute atomic E-state index is 0.0192. The van der Waals surface area contributed by atoms with Crippen molar-refractivity contribution >= 4 is 9.84 Å². The Balaban J connectivity index is 4.23. The Morgan fingerprint density at radius 3 is 1.73 bits per heavy atom. The van der Waals surface area contributed by atoms with Gasteiger partial charge in [-0.2, -0.15) is 0 Å². The highest BCUT2D eigenvalue weighted by Gasteiger charge is 2.03. The molecule has 0 aromatic heterocycles. The molecule has 0 aliphatic carbocycles. The van der Waals surface area contributed by atoms with Crippen LogP contribution in [-0.4, -0.2) is 19.9 Å². The fourth-order valence-corrected chi connectivity index (χ4v) is 1.32. The normalized spacial score (nSPS) is 9.45. The molecule has 0 aromatic rings. The summed E-state index contributed by atoms with van der Waals surface area (Å²) in [5, 5.41) is 0. The minimum Gasteiger partial charge on any atom is -0.228 e. The van der Waals surface area contributed by atoms with E-state index in [4.69, 9.17) is 0 Å². The molecule has 0 rings (SSSR count). The molecule has 0 atom stereocenters. The summed E-state index contributed by atoms with van der Waals surface area (Å²) in [5.41, 5.74) is 4.79. The van der Waals surface area contributed by atoms with E-state index in [2.05, 4.69) is 24.6 Å². The zero-order valence-corrected chi connectivity index (χ0v) is 7.02. The molecule has 0 radical (unpaired) electrons. The Kier molecular flexibility index (Phi) is 4.32. The first-order valence-corrected chi connectivity index (χ1v) is 4.83. The summed E-state index contributed by atoms with van der Waals surface area (Å²) in [5.74, 6) is -0.0383. The number of hydrogen-bond donors (Lipinski definition) is 0. The quantitative estimate of drug-likeness (QED) is 0.592. The lowest BCUT2D eigenvalue weighted by Crippen LogP contribution is -2.06. The van der Waals surface area contributed by atoms with Gasteiger partial charge in [0.1, 0.15) is 0 Å². The molecule has 0 heterocycles. The molecule has 0 unspecified atom stereocenters. The molecule has 0 saturated carbocycles. The lowest BCUT2D eigenvalue weighted by Gasteiger charge is -1.91. The largest absolute Gasteiger partial charge is 0.228 e. The summed E-state index contributed by atoms with van der Waals surface area (Å²) in [4.78, 5) is 0. The van der Waals surface area contributed by atoms with E-state index in [0.717, 1.165) is 0 Å². The van der Waals surface area contributed by atoms with Gasteiger partial charge in [-0.05, 0) is 12.2 Å². The zero-order chi connectivity index (χ0) is 8.74. The van der Waals surface area contributed by atoms with Crippen molar-refractivity contribution < 1.29 is 8.42 Å². The second-order valence-corrected chi connectivity index (χ2v) is 4.05. The molecule has 0 N–H and O–H groups in total. The molecule has 0 aliphatic heterocycles. The van der Waals surface area contributed by atoms with Crippen molar-refractivity contribution in [3.05, 3.63) is 36.8 Å². The third kappa shape index (κ3) is 5.43. The maximum atomic E-state index is 11.0. The van der Waals surface area contributed by atoms with Crippen molar-refractivity contribution in [2.75, 3.05) is 11.5 Å². The van der Waals surface area contributed by atoms with Gasteiger partial charge < -0.3 is 0 Å². The molecule has 11 heavy (non-hydrogen) atoms. The van der Waals surface area contributed by atoms with Crippen LogP contribution < -0.4 is 0 Å². The van der Waals surface area contributed by atoms with E-state index in [1.165, 1.54) is 12.2 Å². The lowest BCUT2D eigenvalue weighted by atomic mass is 10.7. The predicted molar refractivity (Wildman–Crippen MR) is 46.1 cm³/mol. The van der Waals surface area contributed by atoms with Crippen LogP contribution in [0.15, 0.2) is 36.8 Å². The molecule has 60 valence electrons. The second-order valence-electron chi connectivity index (χ2n) is 1.89. The van der Waals surface area contributed by atoms with Crippen LogP contribution in [0.2, 0.25) is 0 Å². The Bertz CT molecular complexity index is 273. The smallest absolute Gasteiger partial charge is 0.158 e. The Hall–Kier alpha value is -1.01. The highest BCUT2D eigenvalue weighted by Crippen LogP contribution is 1.90. The van der Waals surface area contributed by atoms with Gasteiger partial charge in [0.2, 0.25) is 0 Å². The van der Waals surface area contributed by atoms with Crippen molar-refractivity contribution in [3.63, 3.8) is 0 Å². The summed E-state index contributed by atoms with van der Waals surface area (Å²) in [7, 11) is -3.02. The average molecular weight is 170 g/mol. The first-order valence-electron chi connectivity index (χ1n) is 3.01. The minimum atomic E-state index is -3.02.